The van der Waals surface area contributed by atoms with Gasteiger partial charge in [0.1, 0.15) is 4.90 Å². The molecule has 2 heterocycles. The first-order valence-electron chi connectivity index (χ1n) is 8.62. The van der Waals surface area contributed by atoms with E-state index >= 15 is 0 Å². The van der Waals surface area contributed by atoms with E-state index in [9.17, 15) is 13.2 Å². The molecule has 0 saturated heterocycles. The minimum absolute atomic E-state index is 0.0668. The lowest BCUT2D eigenvalue weighted by Crippen LogP contribution is -2.34. The molecule has 9 heteroatoms. The van der Waals surface area contributed by atoms with Crippen LogP contribution in [0.2, 0.25) is 0 Å². The van der Waals surface area contributed by atoms with Crippen molar-refractivity contribution in [3.05, 3.63) is 48.0 Å². The Morgan fingerprint density at radius 1 is 1.14 bits per heavy atom. The Morgan fingerprint density at radius 2 is 1.86 bits per heavy atom. The number of anilines is 1. The van der Waals surface area contributed by atoms with Crippen LogP contribution in [0.15, 0.2) is 51.8 Å². The van der Waals surface area contributed by atoms with Crippen molar-refractivity contribution >= 4 is 27.5 Å². The molecule has 0 radical (unpaired) electrons. The zero-order chi connectivity index (χ0) is 20.1. The van der Waals surface area contributed by atoms with Crippen LogP contribution in [0, 0.1) is 0 Å². The number of nitrogens with zero attached hydrogens (tertiary/aromatic N) is 2. The van der Waals surface area contributed by atoms with Gasteiger partial charge in [-0.15, -0.1) is 4.40 Å². The first-order chi connectivity index (χ1) is 13.1. The highest BCUT2D eigenvalue weighted by Crippen LogP contribution is 2.40. The molecule has 2 aliphatic rings. The summed E-state index contributed by atoms with van der Waals surface area (Å²) in [6, 6.07) is 11.7. The maximum absolute atomic E-state index is 12.5. The third-order valence-corrected chi connectivity index (χ3v) is 5.62. The van der Waals surface area contributed by atoms with Gasteiger partial charge < -0.3 is 19.7 Å². The van der Waals surface area contributed by atoms with Crippen molar-refractivity contribution in [2.75, 3.05) is 18.9 Å². The van der Waals surface area contributed by atoms with E-state index in [1.807, 2.05) is 0 Å². The zero-order valence-electron chi connectivity index (χ0n) is 15.6. The number of hydrogen-bond donors (Lipinski definition) is 1. The SMILES string of the molecule is CN(CC(=O)Nc1ccc2c(c1)OC(C)(C)O2)C1=NS(=O)(=O)c2ccccc21. The van der Waals surface area contributed by atoms with Gasteiger partial charge in [-0.2, -0.15) is 8.42 Å². The summed E-state index contributed by atoms with van der Waals surface area (Å²) in [6.45, 7) is 3.53. The molecule has 2 aromatic carbocycles. The van der Waals surface area contributed by atoms with Crippen LogP contribution in [0.5, 0.6) is 11.5 Å². The molecule has 146 valence electrons. The molecule has 2 aliphatic heterocycles. The summed E-state index contributed by atoms with van der Waals surface area (Å²) < 4.78 is 39.4. The van der Waals surface area contributed by atoms with E-state index in [0.29, 0.717) is 22.7 Å². The molecule has 4 rings (SSSR count). The number of hydrogen-bond acceptors (Lipinski definition) is 6. The number of rotatable bonds is 3. The van der Waals surface area contributed by atoms with E-state index in [-0.39, 0.29) is 23.2 Å². The van der Waals surface area contributed by atoms with Crippen molar-refractivity contribution < 1.29 is 22.7 Å². The maximum Gasteiger partial charge on any atom is 0.285 e. The number of amides is 1. The van der Waals surface area contributed by atoms with Gasteiger partial charge in [-0.3, -0.25) is 4.79 Å². The minimum atomic E-state index is -3.73. The number of carbonyl (C=O) groups excluding carboxylic acids is 1. The van der Waals surface area contributed by atoms with E-state index in [4.69, 9.17) is 9.47 Å². The number of fused-ring (bicyclic) bond motifs is 2. The van der Waals surface area contributed by atoms with Crippen molar-refractivity contribution in [3.8, 4) is 11.5 Å². The highest BCUT2D eigenvalue weighted by molar-refractivity contribution is 7.90. The quantitative estimate of drug-likeness (QED) is 0.847. The van der Waals surface area contributed by atoms with Crippen molar-refractivity contribution in [2.24, 2.45) is 4.40 Å². The number of benzene rings is 2. The lowest BCUT2D eigenvalue weighted by molar-refractivity contribution is -0.116. The van der Waals surface area contributed by atoms with Gasteiger partial charge in [-0.05, 0) is 24.3 Å². The average molecular weight is 401 g/mol. The Balaban J connectivity index is 1.47. The van der Waals surface area contributed by atoms with Crippen LogP contribution in [-0.4, -0.2) is 44.4 Å². The van der Waals surface area contributed by atoms with E-state index < -0.39 is 15.8 Å². The lowest BCUT2D eigenvalue weighted by atomic mass is 10.2. The fraction of sp³-hybridized carbons (Fsp3) is 0.263. The van der Waals surface area contributed by atoms with Gasteiger partial charge in [-0.1, -0.05) is 12.1 Å². The standard InChI is InChI=1S/C19H19N3O5S/c1-19(2)26-14-9-8-12(10-15(14)27-19)20-17(23)11-22(3)18-13-6-4-5-7-16(13)28(24,25)21-18/h4-10H,11H2,1-3H3,(H,20,23). The van der Waals surface area contributed by atoms with E-state index in [1.165, 1.54) is 11.0 Å². The van der Waals surface area contributed by atoms with Gasteiger partial charge in [0, 0.05) is 38.2 Å². The van der Waals surface area contributed by atoms with Gasteiger partial charge >= 0.3 is 0 Å². The van der Waals surface area contributed by atoms with E-state index in [0.717, 1.165) is 0 Å². The number of ether oxygens (including phenoxy) is 2. The van der Waals surface area contributed by atoms with Crippen LogP contribution < -0.4 is 14.8 Å². The molecule has 2 aromatic rings. The van der Waals surface area contributed by atoms with Crippen LogP contribution in [-0.2, 0) is 14.8 Å². The largest absolute Gasteiger partial charge is 0.449 e. The molecular weight excluding hydrogens is 382 g/mol. The van der Waals surface area contributed by atoms with Crippen molar-refractivity contribution in [1.29, 1.82) is 0 Å². The van der Waals surface area contributed by atoms with Crippen LogP contribution in [0.4, 0.5) is 5.69 Å². The highest BCUT2D eigenvalue weighted by Gasteiger charge is 2.32. The van der Waals surface area contributed by atoms with Crippen LogP contribution in [0.3, 0.4) is 0 Å². The Hall–Kier alpha value is -3.07. The Labute approximate surface area is 162 Å². The lowest BCUT2D eigenvalue weighted by Gasteiger charge is -2.18. The molecule has 0 unspecified atom stereocenters. The number of likely N-dealkylation sites (N-methyl/N-ethyl adjacent to an activating group) is 1. The molecule has 1 amide bonds. The monoisotopic (exact) mass is 401 g/mol. The fourth-order valence-electron chi connectivity index (χ4n) is 3.15. The predicted molar refractivity (Wildman–Crippen MR) is 103 cm³/mol. The fourth-order valence-corrected chi connectivity index (χ4v) is 4.41. The van der Waals surface area contributed by atoms with Crippen LogP contribution in [0.1, 0.15) is 19.4 Å². The summed E-state index contributed by atoms with van der Waals surface area (Å²) >= 11 is 0. The topological polar surface area (TPSA) is 97.3 Å². The number of sulfonamides is 1. The summed E-state index contributed by atoms with van der Waals surface area (Å²) in [7, 11) is -2.11. The molecule has 8 nitrogen and oxygen atoms in total. The predicted octanol–water partition coefficient (Wildman–Crippen LogP) is 2.21. The third kappa shape index (κ3) is 3.29. The van der Waals surface area contributed by atoms with Crippen molar-refractivity contribution in [3.63, 3.8) is 0 Å². The smallest absolute Gasteiger partial charge is 0.285 e. The van der Waals surface area contributed by atoms with Gasteiger partial charge in [0.15, 0.2) is 17.3 Å². The Bertz CT molecular complexity index is 1110. The summed E-state index contributed by atoms with van der Waals surface area (Å²) in [5.74, 6) is 0.354. The van der Waals surface area contributed by atoms with E-state index in [2.05, 4.69) is 9.71 Å². The summed E-state index contributed by atoms with van der Waals surface area (Å²) in [5.41, 5.74) is 1.04. The summed E-state index contributed by atoms with van der Waals surface area (Å²) in [4.78, 5) is 14.1. The number of carbonyl (C=O) groups is 1. The normalized spacial score (nSPS) is 17.6. The van der Waals surface area contributed by atoms with Crippen molar-refractivity contribution in [1.82, 2.24) is 4.90 Å². The molecule has 0 aliphatic carbocycles. The van der Waals surface area contributed by atoms with Gasteiger partial charge in [0.25, 0.3) is 10.0 Å². The van der Waals surface area contributed by atoms with Gasteiger partial charge in [0.05, 0.1) is 6.54 Å². The molecule has 28 heavy (non-hydrogen) atoms. The number of amidine groups is 1. The van der Waals surface area contributed by atoms with Crippen LogP contribution in [0.25, 0.3) is 0 Å². The van der Waals surface area contributed by atoms with E-state index in [1.54, 1.807) is 57.3 Å². The second-order valence-corrected chi connectivity index (χ2v) is 8.63. The molecule has 0 atom stereocenters. The number of nitrogens with one attached hydrogen (secondary N) is 1. The summed E-state index contributed by atoms with van der Waals surface area (Å²) in [5, 5.41) is 2.78. The van der Waals surface area contributed by atoms with Gasteiger partial charge in [0.2, 0.25) is 11.7 Å². The minimum Gasteiger partial charge on any atom is -0.449 e. The Kier molecular flexibility index (Phi) is 4.07. The third-order valence-electron chi connectivity index (χ3n) is 4.29. The van der Waals surface area contributed by atoms with Gasteiger partial charge in [-0.25, -0.2) is 0 Å². The van der Waals surface area contributed by atoms with Crippen molar-refractivity contribution in [2.45, 2.75) is 24.5 Å². The first kappa shape index (κ1) is 18.3. The molecule has 1 N–H and O–H groups in total. The molecule has 0 spiro atoms. The highest BCUT2D eigenvalue weighted by atomic mass is 32.2. The molecule has 0 aromatic heterocycles. The zero-order valence-corrected chi connectivity index (χ0v) is 16.4. The molecule has 0 fully saturated rings. The Morgan fingerprint density at radius 3 is 2.64 bits per heavy atom. The average Bonchev–Trinajstić information content (AvgIpc) is 3.06. The van der Waals surface area contributed by atoms with Crippen LogP contribution >= 0.6 is 0 Å². The first-order valence-corrected chi connectivity index (χ1v) is 10.1. The molecular formula is C19H19N3O5S. The maximum atomic E-state index is 12.5. The molecule has 0 saturated carbocycles. The second kappa shape index (κ2) is 6.23. The summed E-state index contributed by atoms with van der Waals surface area (Å²) in [6.07, 6.45) is 0. The molecule has 0 bridgehead atoms. The second-order valence-electron chi connectivity index (χ2n) is 7.06.